The quantitative estimate of drug-likeness (QED) is 0.512. The van der Waals surface area contributed by atoms with E-state index in [0.717, 1.165) is 38.6 Å². The Bertz CT molecular complexity index is 867. The monoisotopic (exact) mass is 485 g/mol. The average molecular weight is 486 g/mol. The molecule has 0 spiro atoms. The minimum Gasteiger partial charge on any atom is -0.373 e. The number of aromatic nitrogens is 2. The molecule has 1 aromatic heterocycles. The Hall–Kier alpha value is -2.06. The van der Waals surface area contributed by atoms with E-state index >= 15 is 0 Å². The van der Waals surface area contributed by atoms with E-state index in [1.54, 1.807) is 6.20 Å². The summed E-state index contributed by atoms with van der Waals surface area (Å²) < 4.78 is 0. The first-order valence-electron chi connectivity index (χ1n) is 13.5. The molecule has 3 aliphatic rings. The molecule has 4 rings (SSSR count). The number of amides is 2. The average Bonchev–Trinajstić information content (AvgIpc) is 3.43. The fourth-order valence-electron chi connectivity index (χ4n) is 6.52. The van der Waals surface area contributed by atoms with Crippen molar-refractivity contribution in [1.82, 2.24) is 25.5 Å². The van der Waals surface area contributed by atoms with Gasteiger partial charge in [-0.2, -0.15) is 0 Å². The van der Waals surface area contributed by atoms with Crippen LogP contribution in [-0.4, -0.2) is 56.5 Å². The molecule has 1 aromatic rings. The van der Waals surface area contributed by atoms with Gasteiger partial charge in [0.1, 0.15) is 18.0 Å². The van der Waals surface area contributed by atoms with Gasteiger partial charge >= 0.3 is 0 Å². The van der Waals surface area contributed by atoms with Crippen LogP contribution in [0.15, 0.2) is 18.6 Å². The second kappa shape index (κ2) is 10.9. The van der Waals surface area contributed by atoms with Crippen LogP contribution in [0.25, 0.3) is 0 Å². The number of hydrogen-bond donors (Lipinski definition) is 3. The Balaban J connectivity index is 1.51. The number of aliphatic hydroxyl groups excluding tert-OH is 1. The molecule has 6 unspecified atom stereocenters. The van der Waals surface area contributed by atoms with E-state index in [1.165, 1.54) is 31.7 Å². The second-order valence-electron chi connectivity index (χ2n) is 12.0. The molecule has 2 amide bonds. The number of likely N-dealkylation sites (tertiary alicyclic amines) is 1. The van der Waals surface area contributed by atoms with E-state index in [4.69, 9.17) is 0 Å². The minimum absolute atomic E-state index is 0.0182. The van der Waals surface area contributed by atoms with E-state index in [9.17, 15) is 14.7 Å². The van der Waals surface area contributed by atoms with Gasteiger partial charge in [-0.3, -0.25) is 24.9 Å². The summed E-state index contributed by atoms with van der Waals surface area (Å²) >= 11 is 0. The molecule has 0 radical (unpaired) electrons. The highest BCUT2D eigenvalue weighted by atomic mass is 16.3. The molecule has 2 aliphatic carbocycles. The highest BCUT2D eigenvalue weighted by Crippen LogP contribution is 2.42. The fourth-order valence-corrected chi connectivity index (χ4v) is 6.52. The zero-order valence-corrected chi connectivity index (χ0v) is 21.7. The third-order valence-electron chi connectivity index (χ3n) is 8.55. The Morgan fingerprint density at radius 3 is 2.46 bits per heavy atom. The van der Waals surface area contributed by atoms with Crippen molar-refractivity contribution in [3.05, 3.63) is 24.3 Å². The molecule has 0 aromatic carbocycles. The highest BCUT2D eigenvalue weighted by molar-refractivity contribution is 5.91. The van der Waals surface area contributed by atoms with Crippen LogP contribution in [0.4, 0.5) is 0 Å². The summed E-state index contributed by atoms with van der Waals surface area (Å²) in [6.45, 7) is 8.99. The lowest BCUT2D eigenvalue weighted by molar-refractivity contribution is -0.141. The van der Waals surface area contributed by atoms with E-state index < -0.39 is 23.7 Å². The summed E-state index contributed by atoms with van der Waals surface area (Å²) in [4.78, 5) is 37.8. The first kappa shape index (κ1) is 26.0. The third kappa shape index (κ3) is 5.85. The van der Waals surface area contributed by atoms with Crippen molar-refractivity contribution in [1.29, 1.82) is 0 Å². The summed E-state index contributed by atoms with van der Waals surface area (Å²) in [5.41, 5.74) is -0.0628. The summed E-state index contributed by atoms with van der Waals surface area (Å²) in [6.07, 6.45) is 12.2. The maximum absolute atomic E-state index is 13.8. The van der Waals surface area contributed by atoms with Gasteiger partial charge < -0.3 is 15.3 Å². The van der Waals surface area contributed by atoms with Crippen LogP contribution in [0.2, 0.25) is 0 Å². The lowest BCUT2D eigenvalue weighted by atomic mass is 9.82. The highest BCUT2D eigenvalue weighted by Gasteiger charge is 2.47. The molecule has 8 heteroatoms. The van der Waals surface area contributed by atoms with Crippen molar-refractivity contribution in [3.63, 3.8) is 0 Å². The molecule has 0 bridgehead atoms. The van der Waals surface area contributed by atoms with Gasteiger partial charge in [0.25, 0.3) is 0 Å². The summed E-state index contributed by atoms with van der Waals surface area (Å²) in [5, 5.41) is 17.1. The van der Waals surface area contributed by atoms with Gasteiger partial charge in [-0.1, -0.05) is 46.5 Å². The molecule has 35 heavy (non-hydrogen) atoms. The predicted octanol–water partition coefficient (Wildman–Crippen LogP) is 3.18. The van der Waals surface area contributed by atoms with Gasteiger partial charge in [0.05, 0.1) is 12.2 Å². The van der Waals surface area contributed by atoms with Gasteiger partial charge in [-0.15, -0.1) is 0 Å². The van der Waals surface area contributed by atoms with Crippen molar-refractivity contribution in [2.45, 2.75) is 103 Å². The number of nitrogens with zero attached hydrogens (tertiary/aromatic N) is 3. The maximum Gasteiger partial charge on any atom is 0.245 e. The molecule has 3 N–H and O–H groups in total. The van der Waals surface area contributed by atoms with Crippen LogP contribution >= 0.6 is 0 Å². The van der Waals surface area contributed by atoms with Crippen molar-refractivity contribution in [2.75, 3.05) is 6.54 Å². The smallest absolute Gasteiger partial charge is 0.245 e. The normalized spacial score (nSPS) is 27.8. The number of carbonyl (C=O) groups is 2. The Kier molecular flexibility index (Phi) is 8.11. The first-order valence-corrected chi connectivity index (χ1v) is 13.5. The fraction of sp³-hybridized carbons (Fsp3) is 0.778. The molecule has 194 valence electrons. The van der Waals surface area contributed by atoms with Crippen molar-refractivity contribution >= 4 is 11.8 Å². The standard InChI is InChI=1S/C27H43N5O3/c1-17-20-12-8-11-19(20)16-32(17)26(35)23(27(2,3)4)31-25(34)22(18-9-6-5-7-10-18)30-24(33)21-15-28-13-14-29-21/h13-15,17-20,22-24,30,33H,5-12,16H2,1-4H3,(H,31,34). The van der Waals surface area contributed by atoms with Crippen LogP contribution < -0.4 is 10.6 Å². The van der Waals surface area contributed by atoms with Gasteiger partial charge in [0.15, 0.2) is 0 Å². The summed E-state index contributed by atoms with van der Waals surface area (Å²) in [6, 6.07) is -1.03. The van der Waals surface area contributed by atoms with E-state index in [-0.39, 0.29) is 23.8 Å². The third-order valence-corrected chi connectivity index (χ3v) is 8.55. The molecule has 2 saturated carbocycles. The van der Waals surface area contributed by atoms with Crippen LogP contribution in [0.5, 0.6) is 0 Å². The largest absolute Gasteiger partial charge is 0.373 e. The lowest BCUT2D eigenvalue weighted by Gasteiger charge is -2.38. The summed E-state index contributed by atoms with van der Waals surface area (Å²) in [7, 11) is 0. The molecule has 1 saturated heterocycles. The van der Waals surface area contributed by atoms with Crippen molar-refractivity contribution in [3.8, 4) is 0 Å². The van der Waals surface area contributed by atoms with Crippen LogP contribution in [0.1, 0.15) is 91.0 Å². The maximum atomic E-state index is 13.8. The Morgan fingerprint density at radius 2 is 1.83 bits per heavy atom. The number of nitrogens with one attached hydrogen (secondary N) is 2. The molecule has 8 nitrogen and oxygen atoms in total. The van der Waals surface area contributed by atoms with Crippen LogP contribution in [0, 0.1) is 23.2 Å². The number of fused-ring (bicyclic) bond motifs is 1. The zero-order valence-electron chi connectivity index (χ0n) is 21.7. The lowest BCUT2D eigenvalue weighted by Crippen LogP contribution is -2.60. The predicted molar refractivity (Wildman–Crippen MR) is 134 cm³/mol. The van der Waals surface area contributed by atoms with E-state index in [1.807, 2.05) is 25.7 Å². The molecule has 6 atom stereocenters. The van der Waals surface area contributed by atoms with Gasteiger partial charge in [0, 0.05) is 25.0 Å². The Morgan fingerprint density at radius 1 is 1.09 bits per heavy atom. The van der Waals surface area contributed by atoms with Crippen molar-refractivity contribution < 1.29 is 14.7 Å². The second-order valence-corrected chi connectivity index (χ2v) is 12.0. The van der Waals surface area contributed by atoms with Gasteiger partial charge in [-0.05, 0) is 55.8 Å². The van der Waals surface area contributed by atoms with E-state index in [0.29, 0.717) is 17.5 Å². The summed E-state index contributed by atoms with van der Waals surface area (Å²) in [5.74, 6) is 1.05. The number of hydrogen-bond acceptors (Lipinski definition) is 6. The number of aliphatic hydroxyl groups is 1. The number of carbonyl (C=O) groups excluding carboxylic acids is 2. The van der Waals surface area contributed by atoms with Crippen LogP contribution in [0.3, 0.4) is 0 Å². The zero-order chi connectivity index (χ0) is 25.2. The van der Waals surface area contributed by atoms with Crippen molar-refractivity contribution in [2.24, 2.45) is 23.2 Å². The topological polar surface area (TPSA) is 107 Å². The molecule has 3 fully saturated rings. The Labute approximate surface area is 209 Å². The van der Waals surface area contributed by atoms with Gasteiger partial charge in [0.2, 0.25) is 11.8 Å². The van der Waals surface area contributed by atoms with Crippen LogP contribution in [-0.2, 0) is 9.59 Å². The van der Waals surface area contributed by atoms with Gasteiger partial charge in [-0.25, -0.2) is 0 Å². The SMILES string of the molecule is CC1C2CCCC2CN1C(=O)C(NC(=O)C(NC(O)c1cnccn1)C1CCCCC1)C(C)(C)C. The minimum atomic E-state index is -1.11. The molecule has 2 heterocycles. The molecule has 1 aliphatic heterocycles. The number of rotatable bonds is 7. The molecular formula is C27H43N5O3. The molecular weight excluding hydrogens is 442 g/mol. The first-order chi connectivity index (χ1) is 16.7. The van der Waals surface area contributed by atoms with E-state index in [2.05, 4.69) is 27.5 Å².